The van der Waals surface area contributed by atoms with Crippen molar-refractivity contribution in [3.05, 3.63) is 296 Å². The van der Waals surface area contributed by atoms with Gasteiger partial charge >= 0.3 is 0 Å². The highest BCUT2D eigenvalue weighted by Gasteiger charge is 2.02. The summed E-state index contributed by atoms with van der Waals surface area (Å²) in [7, 11) is 4.53. The predicted molar refractivity (Wildman–Crippen MR) is 308 cm³/mol. The summed E-state index contributed by atoms with van der Waals surface area (Å²) in [5.41, 5.74) is 13.1. The lowest BCUT2D eigenvalue weighted by Gasteiger charge is -2.08. The lowest BCUT2D eigenvalue weighted by Crippen LogP contribution is -2.14. The third kappa shape index (κ3) is 24.6. The highest BCUT2D eigenvalue weighted by molar-refractivity contribution is 9.10. The minimum absolute atomic E-state index is 0.0460. The van der Waals surface area contributed by atoms with Crippen LogP contribution in [0.1, 0.15) is 44.5 Å². The minimum Gasteiger partial charge on any atom is -0.409 e. The van der Waals surface area contributed by atoms with Gasteiger partial charge in [0.15, 0.2) is 17.2 Å². The fraction of sp³-hybridized carbons (Fsp3) is 0.0615. The molecule has 1 heterocycles. The second-order valence-electron chi connectivity index (χ2n) is 15.6. The molecule has 0 unspecified atom stereocenters. The molecule has 0 fully saturated rings. The van der Waals surface area contributed by atoms with Crippen LogP contribution in [0.2, 0.25) is 0 Å². The molecule has 1 aromatic heterocycles. The molecular weight excluding hydrogens is 1100 g/mol. The number of terminal acetylenes is 1. The lowest BCUT2D eigenvalue weighted by atomic mass is 10.1. The van der Waals surface area contributed by atoms with E-state index in [-0.39, 0.29) is 29.1 Å². The van der Waals surface area contributed by atoms with Gasteiger partial charge in [0.1, 0.15) is 23.3 Å². The molecule has 0 aliphatic heterocycles. The summed E-state index contributed by atoms with van der Waals surface area (Å²) >= 11 is 3.27. The predicted octanol–water partition coefficient (Wildman–Crippen LogP) is 14.4. The summed E-state index contributed by atoms with van der Waals surface area (Å²) in [5, 5.41) is 15.2. The van der Waals surface area contributed by atoms with Gasteiger partial charge in [0.25, 0.3) is 6.48 Å². The molecule has 9 rings (SSSR count). The summed E-state index contributed by atoms with van der Waals surface area (Å²) in [6.45, 7) is 12.9. The van der Waals surface area contributed by atoms with Gasteiger partial charge < -0.3 is 29.7 Å². The minimum atomic E-state index is -0.514. The number of oxime groups is 1. The molecule has 0 aliphatic rings. The molecular formula is C65H47BrF4N6O5. The third-order valence-electron chi connectivity index (χ3n) is 9.84. The van der Waals surface area contributed by atoms with Crippen molar-refractivity contribution in [3.8, 4) is 59.3 Å². The smallest absolute Gasteiger partial charge is 0.270 e. The average Bonchev–Trinajstić information content (AvgIpc) is 4.08. The second-order valence-corrected chi connectivity index (χ2v) is 16.5. The number of rotatable bonds is 5. The van der Waals surface area contributed by atoms with Crippen LogP contribution < -0.4 is 5.73 Å². The number of aromatic nitrogens is 2. The van der Waals surface area contributed by atoms with Crippen molar-refractivity contribution in [2.24, 2.45) is 10.9 Å². The molecule has 0 saturated carbocycles. The first-order valence-corrected chi connectivity index (χ1v) is 24.3. The second kappa shape index (κ2) is 35.7. The molecule has 0 saturated heterocycles. The number of nitrogens with zero attached hydrogens (tertiary/aromatic N) is 5. The molecule has 0 amide bonds. The molecule has 0 spiro atoms. The third-order valence-corrected chi connectivity index (χ3v) is 10.4. The van der Waals surface area contributed by atoms with Crippen LogP contribution >= 0.6 is 15.9 Å². The fourth-order valence-electron chi connectivity index (χ4n) is 5.92. The molecule has 11 nitrogen and oxygen atoms in total. The van der Waals surface area contributed by atoms with E-state index >= 15 is 0 Å². The molecule has 8 aromatic carbocycles. The number of ether oxygens (including phenoxy) is 3. The quantitative estimate of drug-likeness (QED) is 0.0254. The van der Waals surface area contributed by atoms with Crippen LogP contribution in [-0.2, 0) is 14.2 Å². The van der Waals surface area contributed by atoms with Crippen molar-refractivity contribution < 1.29 is 41.5 Å². The maximum Gasteiger partial charge on any atom is 0.270 e. The maximum atomic E-state index is 13.0. The molecule has 3 N–H and O–H groups in total. The van der Waals surface area contributed by atoms with Gasteiger partial charge in [0.2, 0.25) is 12.2 Å². The normalized spacial score (nSPS) is 9.58. The van der Waals surface area contributed by atoms with Gasteiger partial charge in [-0.05, 0) is 121 Å². The van der Waals surface area contributed by atoms with E-state index in [1.807, 2.05) is 36.4 Å². The van der Waals surface area contributed by atoms with Crippen molar-refractivity contribution in [3.63, 3.8) is 0 Å². The zero-order chi connectivity index (χ0) is 58.6. The van der Waals surface area contributed by atoms with E-state index in [0.717, 1.165) is 26.7 Å². The summed E-state index contributed by atoms with van der Waals surface area (Å²) in [5.74, 6) is 19.2. The van der Waals surface area contributed by atoms with Crippen LogP contribution in [0.15, 0.2) is 215 Å². The standard InChI is InChI=1S/C16H9FN2O.C15H11FN2O.C15H8FN.C8H5F.C7H4BrN.C4H10O3/c17-15-3-1-2-13(10-15)5-4-12-6-8-14(9-7-12)16-18-11-20-19-16;16-14-3-1-2-12(10-14)5-4-11-6-8-13(9-7-11)15(17)18-19;1-17-15-9-7-12(8-10-15)5-6-13-3-2-4-14(16)11-13;1-2-7-4-3-5-8(9)6-7;1-9-7-4-2-6(8)3-5-7;1-5-4(6-2)7-3/h1-3,6-11H;1-3,6-10,19H,(H2,17,18);2-4,7-11H;1,3-6H;2-5H;4H,1-3H3. The van der Waals surface area contributed by atoms with E-state index < -0.39 is 6.48 Å². The first kappa shape index (κ1) is 63.0. The van der Waals surface area contributed by atoms with Crippen LogP contribution in [0, 0.1) is 84.3 Å². The first-order valence-electron chi connectivity index (χ1n) is 23.5. The van der Waals surface area contributed by atoms with Gasteiger partial charge in [-0.25, -0.2) is 27.3 Å². The van der Waals surface area contributed by atoms with Crippen molar-refractivity contribution in [2.75, 3.05) is 21.3 Å². The van der Waals surface area contributed by atoms with E-state index in [1.165, 1.54) is 76.3 Å². The van der Waals surface area contributed by atoms with E-state index in [9.17, 15) is 17.6 Å². The monoisotopic (exact) mass is 1150 g/mol. The molecule has 16 heteroatoms. The Bertz CT molecular complexity index is 3740. The van der Waals surface area contributed by atoms with Crippen molar-refractivity contribution in [1.82, 2.24) is 10.1 Å². The van der Waals surface area contributed by atoms with Crippen LogP contribution in [0.5, 0.6) is 0 Å². The van der Waals surface area contributed by atoms with Crippen LogP contribution in [-0.4, -0.2) is 49.0 Å². The topological polar surface area (TPSA) is 134 Å². The van der Waals surface area contributed by atoms with Crippen LogP contribution in [0.4, 0.5) is 28.9 Å². The summed E-state index contributed by atoms with van der Waals surface area (Å²) in [6.07, 6.45) is 6.29. The summed E-state index contributed by atoms with van der Waals surface area (Å²) in [4.78, 5) is 10.5. The van der Waals surface area contributed by atoms with Crippen LogP contribution in [0.3, 0.4) is 0 Å². The Kier molecular flexibility index (Phi) is 27.8. The summed E-state index contributed by atoms with van der Waals surface area (Å²) in [6, 6.07) is 53.0. The molecule has 9 aromatic rings. The van der Waals surface area contributed by atoms with Crippen LogP contribution in [0.25, 0.3) is 21.1 Å². The Balaban J connectivity index is 0.000000218. The number of nitrogens with two attached hydrogens (primary N) is 1. The van der Waals surface area contributed by atoms with Crippen molar-refractivity contribution in [2.45, 2.75) is 6.48 Å². The Morgan fingerprint density at radius 3 is 1.23 bits per heavy atom. The zero-order valence-corrected chi connectivity index (χ0v) is 45.1. The number of halogens is 5. The highest BCUT2D eigenvalue weighted by atomic mass is 79.9. The molecule has 0 radical (unpaired) electrons. The number of benzene rings is 8. The van der Waals surface area contributed by atoms with Gasteiger partial charge in [0, 0.05) is 75.9 Å². The van der Waals surface area contributed by atoms with Crippen molar-refractivity contribution in [1.29, 1.82) is 0 Å². The Hall–Kier alpha value is -10.5. The Morgan fingerprint density at radius 2 is 0.914 bits per heavy atom. The number of amidine groups is 1. The van der Waals surface area contributed by atoms with E-state index in [4.69, 9.17) is 35.0 Å². The molecule has 0 atom stereocenters. The van der Waals surface area contributed by atoms with E-state index in [1.54, 1.807) is 109 Å². The number of hydrogen-bond donors (Lipinski definition) is 2. The Labute approximate surface area is 476 Å². The van der Waals surface area contributed by atoms with Crippen molar-refractivity contribution >= 4 is 33.1 Å². The SMILES string of the molecule is C#Cc1cccc(F)c1.COC(OC)OC.Fc1cccc(C#Cc2ccc(-c3ncon3)cc2)c1.N/C(=N\O)c1ccc(C#Cc2cccc(F)c2)cc1.[C-]#[N+]c1ccc(Br)cc1.[C-]#[N+]c1ccc(C#Cc2cccc(F)c2)cc1. The Morgan fingerprint density at radius 1 is 0.556 bits per heavy atom. The van der Waals surface area contributed by atoms with E-state index in [2.05, 4.69) is 96.6 Å². The number of methoxy groups -OCH3 is 3. The molecule has 0 aliphatic carbocycles. The fourth-order valence-corrected chi connectivity index (χ4v) is 6.18. The van der Waals surface area contributed by atoms with Gasteiger partial charge in [-0.2, -0.15) is 4.98 Å². The zero-order valence-electron chi connectivity index (χ0n) is 43.5. The van der Waals surface area contributed by atoms with Gasteiger partial charge in [0.05, 0.1) is 13.1 Å². The number of hydrogen-bond acceptors (Lipinski definition) is 8. The van der Waals surface area contributed by atoms with Gasteiger partial charge in [-0.3, -0.25) is 0 Å². The first-order chi connectivity index (χ1) is 39.3. The average molecular weight is 1150 g/mol. The van der Waals surface area contributed by atoms with Gasteiger partial charge in [-0.1, -0.05) is 140 Å². The van der Waals surface area contributed by atoms with Gasteiger partial charge in [-0.15, -0.1) is 6.42 Å². The molecule has 81 heavy (non-hydrogen) atoms. The molecule has 0 bridgehead atoms. The maximum absolute atomic E-state index is 13.0. The highest BCUT2D eigenvalue weighted by Crippen LogP contribution is 2.17. The molecule has 402 valence electrons. The summed E-state index contributed by atoms with van der Waals surface area (Å²) < 4.78 is 70.6. The largest absolute Gasteiger partial charge is 0.409 e. The van der Waals surface area contributed by atoms with E-state index in [0.29, 0.717) is 45.0 Å². The lowest BCUT2D eigenvalue weighted by molar-refractivity contribution is -0.252.